The van der Waals surface area contributed by atoms with Crippen LogP contribution in [0.1, 0.15) is 29.5 Å². The van der Waals surface area contributed by atoms with Crippen molar-refractivity contribution < 1.29 is 13.2 Å². The van der Waals surface area contributed by atoms with E-state index in [1.807, 2.05) is 6.92 Å². The molecule has 1 N–H and O–H groups in total. The number of thioether (sulfide) groups is 1. The largest absolute Gasteiger partial charge is 0.355 e. The lowest BCUT2D eigenvalue weighted by molar-refractivity contribution is -0.125. The highest BCUT2D eigenvalue weighted by molar-refractivity contribution is 7.98. The highest BCUT2D eigenvalue weighted by Gasteiger charge is 2.33. The topological polar surface area (TPSA) is 66.5 Å². The van der Waals surface area contributed by atoms with E-state index >= 15 is 0 Å². The van der Waals surface area contributed by atoms with Gasteiger partial charge >= 0.3 is 0 Å². The van der Waals surface area contributed by atoms with Gasteiger partial charge in [0.25, 0.3) is 0 Å². The summed E-state index contributed by atoms with van der Waals surface area (Å²) in [5, 5.41) is 2.99. The van der Waals surface area contributed by atoms with E-state index in [0.29, 0.717) is 24.4 Å². The maximum Gasteiger partial charge on any atom is 0.243 e. The summed E-state index contributed by atoms with van der Waals surface area (Å²) in [4.78, 5) is 12.9. The number of piperidine rings is 1. The highest BCUT2D eigenvalue weighted by atomic mass is 32.2. The minimum absolute atomic E-state index is 0.0465. The van der Waals surface area contributed by atoms with Crippen LogP contribution in [-0.2, 0) is 20.6 Å². The molecular formula is C23H30N2O3S2. The zero-order valence-corrected chi connectivity index (χ0v) is 19.3. The fourth-order valence-electron chi connectivity index (χ4n) is 3.50. The van der Waals surface area contributed by atoms with Crippen LogP contribution in [-0.4, -0.2) is 44.0 Å². The number of carbonyl (C=O) groups excluding carboxylic acids is 1. The molecule has 1 aliphatic heterocycles. The van der Waals surface area contributed by atoms with Crippen LogP contribution < -0.4 is 5.32 Å². The zero-order valence-electron chi connectivity index (χ0n) is 17.6. The molecular weight excluding hydrogens is 416 g/mol. The fraction of sp³-hybridized carbons (Fsp3) is 0.435. The fourth-order valence-corrected chi connectivity index (χ4v) is 5.84. The molecule has 0 saturated carbocycles. The van der Waals surface area contributed by atoms with Crippen LogP contribution in [0.3, 0.4) is 0 Å². The predicted molar refractivity (Wildman–Crippen MR) is 123 cm³/mol. The van der Waals surface area contributed by atoms with Crippen molar-refractivity contribution in [3.8, 4) is 0 Å². The number of hydrogen-bond donors (Lipinski definition) is 1. The smallest absolute Gasteiger partial charge is 0.243 e. The molecule has 1 aliphatic rings. The van der Waals surface area contributed by atoms with Crippen molar-refractivity contribution in [1.29, 1.82) is 0 Å². The van der Waals surface area contributed by atoms with Crippen molar-refractivity contribution >= 4 is 27.7 Å². The number of sulfonamides is 1. The molecule has 7 heteroatoms. The minimum atomic E-state index is -3.56. The molecule has 1 fully saturated rings. The molecule has 0 bridgehead atoms. The molecule has 0 aliphatic carbocycles. The van der Waals surface area contributed by atoms with Crippen molar-refractivity contribution in [2.45, 2.75) is 37.3 Å². The molecule has 1 atom stereocenters. The van der Waals surface area contributed by atoms with E-state index in [1.165, 1.54) is 15.4 Å². The Kier molecular flexibility index (Phi) is 7.97. The normalized spacial score (nSPS) is 17.6. The van der Waals surface area contributed by atoms with Crippen molar-refractivity contribution in [2.75, 3.05) is 25.4 Å². The van der Waals surface area contributed by atoms with Gasteiger partial charge in [0.15, 0.2) is 0 Å². The second-order valence-corrected chi connectivity index (χ2v) is 10.9. The Morgan fingerprint density at radius 2 is 1.70 bits per heavy atom. The predicted octanol–water partition coefficient (Wildman–Crippen LogP) is 3.75. The van der Waals surface area contributed by atoms with Gasteiger partial charge in [-0.05, 0) is 44.4 Å². The number of nitrogens with one attached hydrogen (secondary N) is 1. The average Bonchev–Trinajstić information content (AvgIpc) is 2.75. The minimum Gasteiger partial charge on any atom is -0.355 e. The van der Waals surface area contributed by atoms with Crippen LogP contribution in [0.2, 0.25) is 0 Å². The third kappa shape index (κ3) is 6.09. The molecule has 1 heterocycles. The quantitative estimate of drug-likeness (QED) is 0.627. The summed E-state index contributed by atoms with van der Waals surface area (Å²) in [6, 6.07) is 15.4. The average molecular weight is 447 g/mol. The first kappa shape index (κ1) is 22.8. The molecule has 2 aromatic rings. The third-order valence-corrected chi connectivity index (χ3v) is 8.26. The van der Waals surface area contributed by atoms with Crippen molar-refractivity contribution in [3.05, 3.63) is 65.2 Å². The van der Waals surface area contributed by atoms with Crippen LogP contribution in [0.25, 0.3) is 0 Å². The number of amides is 1. The van der Waals surface area contributed by atoms with Gasteiger partial charge < -0.3 is 5.32 Å². The maximum absolute atomic E-state index is 12.9. The molecule has 1 saturated heterocycles. The molecule has 30 heavy (non-hydrogen) atoms. The molecule has 0 unspecified atom stereocenters. The number of nitrogens with zero attached hydrogens (tertiary/aromatic N) is 1. The summed E-state index contributed by atoms with van der Waals surface area (Å²) in [6.45, 7) is 5.31. The third-order valence-electron chi connectivity index (χ3n) is 5.35. The second-order valence-electron chi connectivity index (χ2n) is 7.84. The lowest BCUT2D eigenvalue weighted by Crippen LogP contribution is -2.45. The second kappa shape index (κ2) is 10.5. The monoisotopic (exact) mass is 446 g/mol. The molecule has 1 amide bonds. The van der Waals surface area contributed by atoms with E-state index in [4.69, 9.17) is 0 Å². The van der Waals surface area contributed by atoms with E-state index in [2.05, 4.69) is 36.5 Å². The summed E-state index contributed by atoms with van der Waals surface area (Å²) in [5.74, 6) is 1.41. The molecule has 162 valence electrons. The molecule has 2 aromatic carbocycles. The zero-order chi connectivity index (χ0) is 21.6. The van der Waals surface area contributed by atoms with Crippen molar-refractivity contribution in [3.63, 3.8) is 0 Å². The first-order valence-electron chi connectivity index (χ1n) is 10.3. The Balaban J connectivity index is 1.45. The van der Waals surface area contributed by atoms with Crippen LogP contribution in [0.15, 0.2) is 53.4 Å². The van der Waals surface area contributed by atoms with Gasteiger partial charge in [0, 0.05) is 31.1 Å². The lowest BCUT2D eigenvalue weighted by Gasteiger charge is -2.31. The number of hydrogen-bond acceptors (Lipinski definition) is 4. The first-order chi connectivity index (χ1) is 14.4. The lowest BCUT2D eigenvalue weighted by atomic mass is 9.99. The SMILES string of the molecule is Cc1ccc(CSCCNC(=O)[C@@H]2CCCN(S(=O)(=O)c3ccc(C)cc3)C2)cc1. The Morgan fingerprint density at radius 1 is 1.07 bits per heavy atom. The van der Waals surface area contributed by atoms with Gasteiger partial charge in [0.05, 0.1) is 10.8 Å². The number of aryl methyl sites for hydroxylation is 2. The Labute approximate surface area is 184 Å². The van der Waals surface area contributed by atoms with E-state index in [9.17, 15) is 13.2 Å². The van der Waals surface area contributed by atoms with Crippen LogP contribution in [0.5, 0.6) is 0 Å². The van der Waals surface area contributed by atoms with Gasteiger partial charge in [-0.2, -0.15) is 16.1 Å². The van der Waals surface area contributed by atoms with E-state index in [0.717, 1.165) is 23.5 Å². The summed E-state index contributed by atoms with van der Waals surface area (Å²) in [6.07, 6.45) is 1.42. The van der Waals surface area contributed by atoms with Gasteiger partial charge in [0.1, 0.15) is 0 Å². The Bertz CT molecular complexity index is 941. The molecule has 3 rings (SSSR count). The number of carbonyl (C=O) groups is 1. The molecule has 0 radical (unpaired) electrons. The van der Waals surface area contributed by atoms with Gasteiger partial charge in [-0.3, -0.25) is 4.79 Å². The summed E-state index contributed by atoms with van der Waals surface area (Å²) in [7, 11) is -3.56. The van der Waals surface area contributed by atoms with Gasteiger partial charge in [-0.1, -0.05) is 47.5 Å². The molecule has 0 spiro atoms. The van der Waals surface area contributed by atoms with Crippen molar-refractivity contribution in [1.82, 2.24) is 9.62 Å². The molecule has 5 nitrogen and oxygen atoms in total. The Hall–Kier alpha value is -1.83. The highest BCUT2D eigenvalue weighted by Crippen LogP contribution is 2.24. The first-order valence-corrected chi connectivity index (χ1v) is 12.9. The van der Waals surface area contributed by atoms with Crippen LogP contribution >= 0.6 is 11.8 Å². The summed E-state index contributed by atoms with van der Waals surface area (Å²) in [5.41, 5.74) is 3.55. The van der Waals surface area contributed by atoms with E-state index in [-0.39, 0.29) is 18.4 Å². The summed E-state index contributed by atoms with van der Waals surface area (Å²) >= 11 is 1.78. The van der Waals surface area contributed by atoms with E-state index < -0.39 is 10.0 Å². The van der Waals surface area contributed by atoms with E-state index in [1.54, 1.807) is 36.0 Å². The van der Waals surface area contributed by atoms with Crippen LogP contribution in [0, 0.1) is 19.8 Å². The van der Waals surface area contributed by atoms with Crippen LogP contribution in [0.4, 0.5) is 0 Å². The number of benzene rings is 2. The van der Waals surface area contributed by atoms with Gasteiger partial charge in [-0.25, -0.2) is 8.42 Å². The van der Waals surface area contributed by atoms with Crippen molar-refractivity contribution in [2.24, 2.45) is 5.92 Å². The van der Waals surface area contributed by atoms with Gasteiger partial charge in [-0.15, -0.1) is 0 Å². The standard InChI is InChI=1S/C23H30N2O3S2/c1-18-5-9-20(10-6-18)17-29-15-13-24-23(26)21-4-3-14-25(16-21)30(27,28)22-11-7-19(2)8-12-22/h5-12,21H,3-4,13-17H2,1-2H3,(H,24,26)/t21-/m1/s1. The molecule has 0 aromatic heterocycles. The maximum atomic E-state index is 12.9. The summed E-state index contributed by atoms with van der Waals surface area (Å²) < 4.78 is 27.3. The number of rotatable bonds is 8. The van der Waals surface area contributed by atoms with Gasteiger partial charge in [0.2, 0.25) is 15.9 Å². The Morgan fingerprint density at radius 3 is 2.37 bits per heavy atom.